The number of hydrogen-bond acceptors (Lipinski definition) is 3. The van der Waals surface area contributed by atoms with E-state index in [0.29, 0.717) is 0 Å². The van der Waals surface area contributed by atoms with Crippen molar-refractivity contribution in [3.8, 4) is 0 Å². The summed E-state index contributed by atoms with van der Waals surface area (Å²) < 4.78 is 1.81. The Morgan fingerprint density at radius 1 is 1.23 bits per heavy atom. The number of hydrogen-bond donors (Lipinski definition) is 1. The number of aromatic nitrogens is 3. The van der Waals surface area contributed by atoms with Gasteiger partial charge in [-0.15, -0.1) is 5.10 Å². The standard InChI is InChI=1S/C17H21N3O2/c1-12(13-8-4-2-5-9-13)20-16(14-10-6-3-7-11-14)15(17(21)22)18-19-20/h2,4-5,8-9,12,14H,3,6-7,10-11H2,1H3,(H,21,22). The van der Waals surface area contributed by atoms with E-state index in [1.165, 1.54) is 6.42 Å². The van der Waals surface area contributed by atoms with Crippen LogP contribution >= 0.6 is 0 Å². The summed E-state index contributed by atoms with van der Waals surface area (Å²) in [7, 11) is 0. The van der Waals surface area contributed by atoms with Crippen molar-refractivity contribution >= 4 is 5.97 Å². The van der Waals surface area contributed by atoms with Gasteiger partial charge in [-0.3, -0.25) is 0 Å². The smallest absolute Gasteiger partial charge is 0.358 e. The van der Waals surface area contributed by atoms with E-state index in [-0.39, 0.29) is 17.7 Å². The molecule has 1 N–H and O–H groups in total. The number of carboxylic acid groups (broad SMARTS) is 1. The summed E-state index contributed by atoms with van der Waals surface area (Å²) in [4.78, 5) is 11.5. The first kappa shape index (κ1) is 14.8. The van der Waals surface area contributed by atoms with Crippen LogP contribution in [-0.2, 0) is 0 Å². The maximum atomic E-state index is 11.5. The van der Waals surface area contributed by atoms with E-state index in [2.05, 4.69) is 10.3 Å². The molecular formula is C17H21N3O2. The van der Waals surface area contributed by atoms with E-state index in [1.54, 1.807) is 0 Å². The van der Waals surface area contributed by atoms with Crippen molar-refractivity contribution in [1.29, 1.82) is 0 Å². The van der Waals surface area contributed by atoms with Gasteiger partial charge in [-0.2, -0.15) is 0 Å². The van der Waals surface area contributed by atoms with Crippen molar-refractivity contribution < 1.29 is 9.90 Å². The summed E-state index contributed by atoms with van der Waals surface area (Å²) in [6.45, 7) is 2.04. The molecule has 22 heavy (non-hydrogen) atoms. The highest BCUT2D eigenvalue weighted by molar-refractivity contribution is 5.86. The van der Waals surface area contributed by atoms with Gasteiger partial charge in [-0.25, -0.2) is 9.48 Å². The molecular weight excluding hydrogens is 278 g/mol. The highest BCUT2D eigenvalue weighted by atomic mass is 16.4. The topological polar surface area (TPSA) is 68.0 Å². The molecule has 1 aliphatic carbocycles. The van der Waals surface area contributed by atoms with Crippen LogP contribution in [-0.4, -0.2) is 26.1 Å². The first-order chi connectivity index (χ1) is 10.7. The fraction of sp³-hybridized carbons (Fsp3) is 0.471. The lowest BCUT2D eigenvalue weighted by molar-refractivity contribution is 0.0688. The summed E-state index contributed by atoms with van der Waals surface area (Å²) in [5.74, 6) is -0.729. The Bertz CT molecular complexity index is 645. The average Bonchev–Trinajstić information content (AvgIpc) is 3.01. The molecule has 0 bridgehead atoms. The lowest BCUT2D eigenvalue weighted by Gasteiger charge is -2.24. The lowest BCUT2D eigenvalue weighted by Crippen LogP contribution is -2.18. The minimum absolute atomic E-state index is 0.0151. The van der Waals surface area contributed by atoms with Crippen LogP contribution in [0.2, 0.25) is 0 Å². The van der Waals surface area contributed by atoms with Gasteiger partial charge < -0.3 is 5.11 Å². The number of aromatic carboxylic acids is 1. The number of benzene rings is 1. The molecule has 0 radical (unpaired) electrons. The molecule has 116 valence electrons. The summed E-state index contributed by atoms with van der Waals surface area (Å²) in [5, 5.41) is 17.6. The zero-order chi connectivity index (χ0) is 15.5. The fourth-order valence-electron chi connectivity index (χ4n) is 3.37. The second-order valence-electron chi connectivity index (χ2n) is 5.99. The van der Waals surface area contributed by atoms with E-state index in [0.717, 1.165) is 36.9 Å². The van der Waals surface area contributed by atoms with Gasteiger partial charge in [0, 0.05) is 5.92 Å². The molecule has 3 rings (SSSR count). The predicted octanol–water partition coefficient (Wildman–Crippen LogP) is 3.63. The highest BCUT2D eigenvalue weighted by Crippen LogP contribution is 2.35. The Morgan fingerprint density at radius 2 is 1.91 bits per heavy atom. The second kappa shape index (κ2) is 6.30. The van der Waals surface area contributed by atoms with Crippen molar-refractivity contribution in [1.82, 2.24) is 15.0 Å². The molecule has 1 aromatic heterocycles. The number of nitrogens with zero attached hydrogens (tertiary/aromatic N) is 3. The van der Waals surface area contributed by atoms with Gasteiger partial charge in [0.25, 0.3) is 0 Å². The molecule has 1 unspecified atom stereocenters. The van der Waals surface area contributed by atoms with Gasteiger partial charge >= 0.3 is 5.97 Å². The van der Waals surface area contributed by atoms with Crippen molar-refractivity contribution in [2.45, 2.75) is 51.0 Å². The second-order valence-corrected chi connectivity index (χ2v) is 5.99. The van der Waals surface area contributed by atoms with Crippen molar-refractivity contribution in [2.24, 2.45) is 0 Å². The Hall–Kier alpha value is -2.17. The molecule has 0 amide bonds. The SMILES string of the molecule is CC(c1ccccc1)n1nnc(C(=O)O)c1C1CCCCC1. The molecule has 0 saturated heterocycles. The lowest BCUT2D eigenvalue weighted by atomic mass is 9.85. The van der Waals surface area contributed by atoms with Gasteiger partial charge in [-0.1, -0.05) is 54.8 Å². The molecule has 2 aromatic rings. The van der Waals surface area contributed by atoms with Gasteiger partial charge in [0.05, 0.1) is 11.7 Å². The Morgan fingerprint density at radius 3 is 2.55 bits per heavy atom. The minimum atomic E-state index is -0.980. The normalized spacial score (nSPS) is 17.3. The molecule has 1 heterocycles. The molecule has 1 saturated carbocycles. The van der Waals surface area contributed by atoms with E-state index in [9.17, 15) is 9.90 Å². The van der Waals surface area contributed by atoms with E-state index < -0.39 is 5.97 Å². The van der Waals surface area contributed by atoms with Gasteiger partial charge in [0.1, 0.15) is 0 Å². The molecule has 1 atom stereocenters. The monoisotopic (exact) mass is 299 g/mol. The van der Waals surface area contributed by atoms with Gasteiger partial charge in [0.15, 0.2) is 5.69 Å². The first-order valence-electron chi connectivity index (χ1n) is 7.92. The molecule has 1 aliphatic rings. The summed E-state index contributed by atoms with van der Waals surface area (Å²) in [5.41, 5.74) is 2.03. The molecule has 1 fully saturated rings. The van der Waals surface area contributed by atoms with Crippen molar-refractivity contribution in [3.63, 3.8) is 0 Å². The van der Waals surface area contributed by atoms with Crippen LogP contribution in [0, 0.1) is 0 Å². The summed E-state index contributed by atoms with van der Waals surface area (Å²) in [6, 6.07) is 10.0. The van der Waals surface area contributed by atoms with Crippen LogP contribution in [0.25, 0.3) is 0 Å². The third-order valence-electron chi connectivity index (χ3n) is 4.57. The average molecular weight is 299 g/mol. The Kier molecular flexibility index (Phi) is 4.22. The number of carboxylic acids is 1. The Labute approximate surface area is 130 Å². The maximum Gasteiger partial charge on any atom is 0.358 e. The van der Waals surface area contributed by atoms with Crippen LogP contribution in [0.3, 0.4) is 0 Å². The zero-order valence-corrected chi connectivity index (χ0v) is 12.8. The number of carbonyl (C=O) groups is 1. The minimum Gasteiger partial charge on any atom is -0.476 e. The first-order valence-corrected chi connectivity index (χ1v) is 7.92. The van der Waals surface area contributed by atoms with E-state index in [4.69, 9.17) is 0 Å². The van der Waals surface area contributed by atoms with Crippen LogP contribution in [0.4, 0.5) is 0 Å². The maximum absolute atomic E-state index is 11.5. The summed E-state index contributed by atoms with van der Waals surface area (Å²) >= 11 is 0. The van der Waals surface area contributed by atoms with Crippen molar-refractivity contribution in [3.05, 3.63) is 47.3 Å². The fourth-order valence-corrected chi connectivity index (χ4v) is 3.37. The molecule has 1 aromatic carbocycles. The molecule has 0 spiro atoms. The Balaban J connectivity index is 2.02. The molecule has 0 aliphatic heterocycles. The largest absolute Gasteiger partial charge is 0.476 e. The van der Waals surface area contributed by atoms with Crippen LogP contribution in [0.15, 0.2) is 30.3 Å². The van der Waals surface area contributed by atoms with E-state index >= 15 is 0 Å². The van der Waals surface area contributed by atoms with Crippen molar-refractivity contribution in [2.75, 3.05) is 0 Å². The summed E-state index contributed by atoms with van der Waals surface area (Å²) in [6.07, 6.45) is 5.57. The predicted molar refractivity (Wildman–Crippen MR) is 83.1 cm³/mol. The molecule has 5 nitrogen and oxygen atoms in total. The highest BCUT2D eigenvalue weighted by Gasteiger charge is 2.29. The molecule has 5 heteroatoms. The van der Waals surface area contributed by atoms with Gasteiger partial charge in [-0.05, 0) is 25.3 Å². The quantitative estimate of drug-likeness (QED) is 0.936. The third kappa shape index (κ3) is 2.75. The van der Waals surface area contributed by atoms with E-state index in [1.807, 2.05) is 41.9 Å². The van der Waals surface area contributed by atoms with Crippen LogP contribution in [0.5, 0.6) is 0 Å². The van der Waals surface area contributed by atoms with Crippen LogP contribution in [0.1, 0.15) is 72.7 Å². The van der Waals surface area contributed by atoms with Gasteiger partial charge in [0.2, 0.25) is 0 Å². The number of rotatable bonds is 4. The van der Waals surface area contributed by atoms with Crippen LogP contribution < -0.4 is 0 Å². The zero-order valence-electron chi connectivity index (χ0n) is 12.8. The third-order valence-corrected chi connectivity index (χ3v) is 4.57.